The van der Waals surface area contributed by atoms with Gasteiger partial charge in [-0.2, -0.15) is 0 Å². The fourth-order valence-corrected chi connectivity index (χ4v) is 5.08. The average Bonchev–Trinajstić information content (AvgIpc) is 2.20. The predicted molar refractivity (Wildman–Crippen MR) is 76.9 cm³/mol. The first-order chi connectivity index (χ1) is 7.91. The molecule has 17 heavy (non-hydrogen) atoms. The largest absolute Gasteiger partial charge is 0.496 e. The summed E-state index contributed by atoms with van der Waals surface area (Å²) in [5.41, 5.74) is 1.43. The van der Waals surface area contributed by atoms with E-state index in [-0.39, 0.29) is 5.82 Å². The van der Waals surface area contributed by atoms with E-state index in [2.05, 4.69) is 43.6 Å². The molecular formula is C13H20BrFOSi. The van der Waals surface area contributed by atoms with Crippen molar-refractivity contribution < 1.29 is 9.13 Å². The van der Waals surface area contributed by atoms with E-state index < -0.39 is 8.80 Å². The van der Waals surface area contributed by atoms with Crippen LogP contribution in [0.1, 0.15) is 27.7 Å². The Bertz CT molecular complexity index is 360. The van der Waals surface area contributed by atoms with Crippen molar-refractivity contribution in [2.45, 2.75) is 38.8 Å². The van der Waals surface area contributed by atoms with E-state index in [1.807, 2.05) is 0 Å². The lowest BCUT2D eigenvalue weighted by atomic mass is 10.3. The number of halogens is 2. The highest BCUT2D eigenvalue weighted by Gasteiger charge is 2.20. The number of benzene rings is 1. The fourth-order valence-electron chi connectivity index (χ4n) is 1.93. The average molecular weight is 319 g/mol. The van der Waals surface area contributed by atoms with Crippen LogP contribution in [0.3, 0.4) is 0 Å². The van der Waals surface area contributed by atoms with Gasteiger partial charge in [0.15, 0.2) is 0 Å². The molecule has 0 saturated heterocycles. The zero-order valence-corrected chi connectivity index (χ0v) is 13.6. The molecule has 0 aliphatic heterocycles. The first-order valence-corrected chi connectivity index (χ1v) is 8.94. The van der Waals surface area contributed by atoms with Crippen LogP contribution in [-0.2, 0) is 0 Å². The lowest BCUT2D eigenvalue weighted by Crippen LogP contribution is -2.29. The maximum Gasteiger partial charge on any atom is 0.133 e. The van der Waals surface area contributed by atoms with Gasteiger partial charge >= 0.3 is 0 Å². The molecule has 0 bridgehead atoms. The van der Waals surface area contributed by atoms with Gasteiger partial charge in [0.25, 0.3) is 0 Å². The molecule has 0 atom stereocenters. The van der Waals surface area contributed by atoms with E-state index in [0.29, 0.717) is 15.6 Å². The van der Waals surface area contributed by atoms with E-state index >= 15 is 0 Å². The lowest BCUT2D eigenvalue weighted by molar-refractivity contribution is 0.373. The fraction of sp³-hybridized carbons (Fsp3) is 0.538. The van der Waals surface area contributed by atoms with E-state index in [0.717, 1.165) is 12.0 Å². The molecule has 0 aliphatic rings. The van der Waals surface area contributed by atoms with Gasteiger partial charge in [0.05, 0.1) is 19.5 Å². The van der Waals surface area contributed by atoms with Crippen LogP contribution in [0.4, 0.5) is 4.39 Å². The molecule has 0 unspecified atom stereocenters. The van der Waals surface area contributed by atoms with Gasteiger partial charge in [-0.25, -0.2) is 4.39 Å². The van der Waals surface area contributed by atoms with Gasteiger partial charge in [-0.3, -0.25) is 0 Å². The Morgan fingerprint density at radius 3 is 2.29 bits per heavy atom. The van der Waals surface area contributed by atoms with E-state index in [1.165, 1.54) is 12.1 Å². The Morgan fingerprint density at radius 2 is 1.82 bits per heavy atom. The summed E-state index contributed by atoms with van der Waals surface area (Å²) in [4.78, 5) is 0. The summed E-state index contributed by atoms with van der Waals surface area (Å²) in [6, 6.07) is 4.56. The third kappa shape index (κ3) is 4.43. The van der Waals surface area contributed by atoms with Crippen molar-refractivity contribution in [3.8, 4) is 5.75 Å². The van der Waals surface area contributed by atoms with Gasteiger partial charge in [-0.1, -0.05) is 38.8 Å². The predicted octanol–water partition coefficient (Wildman–Crippen LogP) is 4.55. The summed E-state index contributed by atoms with van der Waals surface area (Å²) < 4.78 is 19.4. The molecule has 1 rings (SSSR count). The third-order valence-electron chi connectivity index (χ3n) is 3.04. The number of rotatable bonds is 5. The van der Waals surface area contributed by atoms with Gasteiger partial charge in [0, 0.05) is 0 Å². The topological polar surface area (TPSA) is 9.23 Å². The third-order valence-corrected chi connectivity index (χ3v) is 7.63. The highest BCUT2D eigenvalue weighted by molar-refractivity contribution is 9.10. The first-order valence-electron chi connectivity index (χ1n) is 5.99. The summed E-state index contributed by atoms with van der Waals surface area (Å²) in [5.74, 6) is 0.496. The van der Waals surface area contributed by atoms with Crippen LogP contribution in [0.5, 0.6) is 5.75 Å². The molecule has 1 aromatic carbocycles. The van der Waals surface area contributed by atoms with Crippen molar-refractivity contribution >= 4 is 24.7 Å². The highest BCUT2D eigenvalue weighted by Crippen LogP contribution is 2.27. The Hall–Kier alpha value is -0.353. The van der Waals surface area contributed by atoms with Crippen LogP contribution >= 0.6 is 15.9 Å². The van der Waals surface area contributed by atoms with Crippen LogP contribution in [-0.4, -0.2) is 15.0 Å². The molecule has 1 aromatic rings. The lowest BCUT2D eigenvalue weighted by Gasteiger charge is -2.23. The smallest absolute Gasteiger partial charge is 0.133 e. The van der Waals surface area contributed by atoms with Crippen LogP contribution in [0.2, 0.25) is 11.1 Å². The maximum absolute atomic E-state index is 12.9. The van der Waals surface area contributed by atoms with Crippen molar-refractivity contribution in [1.82, 2.24) is 0 Å². The zero-order valence-electron chi connectivity index (χ0n) is 10.8. The summed E-state index contributed by atoms with van der Waals surface area (Å²) in [6.45, 7) is 9.06. The van der Waals surface area contributed by atoms with Gasteiger partial charge in [-0.15, -0.1) is 0 Å². The zero-order chi connectivity index (χ0) is 13.0. The van der Waals surface area contributed by atoms with E-state index in [4.69, 9.17) is 4.74 Å². The second-order valence-corrected chi connectivity index (χ2v) is 10.2. The standard InChI is InChI=1S/C13H20BrFOSi/c1-9(2)17(10(3)4)8-16-13-6-5-11(15)7-12(13)14/h5-7,9-10,17H,8H2,1-4H3. The molecule has 0 aliphatic carbocycles. The number of hydrogen-bond acceptors (Lipinski definition) is 1. The number of ether oxygens (including phenoxy) is 1. The van der Waals surface area contributed by atoms with Crippen LogP contribution in [0.25, 0.3) is 0 Å². The molecule has 96 valence electrons. The monoisotopic (exact) mass is 318 g/mol. The van der Waals surface area contributed by atoms with Crippen molar-refractivity contribution in [2.75, 3.05) is 6.23 Å². The van der Waals surface area contributed by atoms with Gasteiger partial charge < -0.3 is 4.74 Å². The van der Waals surface area contributed by atoms with Crippen molar-refractivity contribution in [2.24, 2.45) is 0 Å². The quantitative estimate of drug-likeness (QED) is 0.723. The van der Waals surface area contributed by atoms with E-state index in [9.17, 15) is 4.39 Å². The molecule has 0 amide bonds. The van der Waals surface area contributed by atoms with Crippen LogP contribution in [0.15, 0.2) is 22.7 Å². The minimum absolute atomic E-state index is 0.245. The van der Waals surface area contributed by atoms with Gasteiger partial charge in [-0.05, 0) is 34.1 Å². The second kappa shape index (κ2) is 6.54. The number of hydrogen-bond donors (Lipinski definition) is 0. The molecule has 0 saturated carbocycles. The first kappa shape index (κ1) is 14.7. The molecule has 0 radical (unpaired) electrons. The van der Waals surface area contributed by atoms with Crippen molar-refractivity contribution in [3.05, 3.63) is 28.5 Å². The molecule has 0 N–H and O–H groups in total. The summed E-state index contributed by atoms with van der Waals surface area (Å²) >= 11 is 3.32. The van der Waals surface area contributed by atoms with Crippen molar-refractivity contribution in [3.63, 3.8) is 0 Å². The Balaban J connectivity index is 2.65. The molecule has 0 spiro atoms. The summed E-state index contributed by atoms with van der Waals surface area (Å²) in [6.07, 6.45) is 0.805. The van der Waals surface area contributed by atoms with Crippen LogP contribution in [0, 0.1) is 5.82 Å². The summed E-state index contributed by atoms with van der Waals surface area (Å²) in [7, 11) is -0.920. The molecule has 4 heteroatoms. The molecule has 1 nitrogen and oxygen atoms in total. The van der Waals surface area contributed by atoms with Crippen LogP contribution < -0.4 is 4.74 Å². The van der Waals surface area contributed by atoms with Gasteiger partial charge in [0.1, 0.15) is 11.6 Å². The Morgan fingerprint density at radius 1 is 1.24 bits per heavy atom. The van der Waals surface area contributed by atoms with Gasteiger partial charge in [0.2, 0.25) is 0 Å². The maximum atomic E-state index is 12.9. The normalized spacial score (nSPS) is 11.6. The minimum Gasteiger partial charge on any atom is -0.496 e. The molecule has 0 aromatic heterocycles. The molecular weight excluding hydrogens is 299 g/mol. The van der Waals surface area contributed by atoms with Crippen molar-refractivity contribution in [1.29, 1.82) is 0 Å². The second-order valence-electron chi connectivity index (χ2n) is 5.04. The molecule has 0 fully saturated rings. The SMILES string of the molecule is CC(C)[SiH](COc1ccc(F)cc1Br)C(C)C. The minimum atomic E-state index is -0.920. The summed E-state index contributed by atoms with van der Waals surface area (Å²) in [5, 5.41) is 0. The highest BCUT2D eigenvalue weighted by atomic mass is 79.9. The van der Waals surface area contributed by atoms with E-state index in [1.54, 1.807) is 6.07 Å². The Kier molecular flexibility index (Phi) is 5.66. The Labute approximate surface area is 113 Å². The molecule has 0 heterocycles.